The van der Waals surface area contributed by atoms with E-state index in [1.807, 2.05) is 20.8 Å². The first-order chi connectivity index (χ1) is 7.60. The van der Waals surface area contributed by atoms with Gasteiger partial charge in [-0.25, -0.2) is 18.5 Å². The number of nitrogens with zero attached hydrogens (tertiary/aromatic N) is 1. The fourth-order valence-electron chi connectivity index (χ4n) is 1.04. The summed E-state index contributed by atoms with van der Waals surface area (Å²) in [6, 6.07) is 6.07. The summed E-state index contributed by atoms with van der Waals surface area (Å²) >= 11 is 0. The Labute approximate surface area is 102 Å². The lowest BCUT2D eigenvalue weighted by molar-refractivity contribution is 0.585. The quantitative estimate of drug-likeness (QED) is 0.616. The summed E-state index contributed by atoms with van der Waals surface area (Å²) in [5, 5.41) is 5.03. The molecule has 0 aliphatic rings. The van der Waals surface area contributed by atoms with E-state index < -0.39 is 10.0 Å². The number of aliphatic imine (C=N–C) groups is 1. The number of nitrogens with two attached hydrogens (primary N) is 2. The van der Waals surface area contributed by atoms with E-state index in [1.165, 1.54) is 12.1 Å². The molecule has 1 aromatic carbocycles. The van der Waals surface area contributed by atoms with E-state index in [2.05, 4.69) is 4.99 Å². The van der Waals surface area contributed by atoms with Crippen molar-refractivity contribution in [1.29, 1.82) is 0 Å². The Morgan fingerprint density at radius 3 is 2.35 bits per heavy atom. The van der Waals surface area contributed by atoms with Crippen molar-refractivity contribution in [3.8, 4) is 0 Å². The van der Waals surface area contributed by atoms with Gasteiger partial charge >= 0.3 is 0 Å². The SMILES string of the molecule is CC(C)(C)C(N)=Nc1cccc(S(N)(=O)=O)c1. The normalized spacial score (nSPS) is 13.8. The van der Waals surface area contributed by atoms with Crippen LogP contribution in [0.25, 0.3) is 0 Å². The van der Waals surface area contributed by atoms with Crippen molar-refractivity contribution in [2.45, 2.75) is 25.7 Å². The molecule has 0 unspecified atom stereocenters. The fourth-order valence-corrected chi connectivity index (χ4v) is 1.59. The molecule has 0 saturated carbocycles. The van der Waals surface area contributed by atoms with Gasteiger partial charge in [-0.05, 0) is 18.2 Å². The highest BCUT2D eigenvalue weighted by molar-refractivity contribution is 7.89. The number of primary sulfonamides is 1. The summed E-state index contributed by atoms with van der Waals surface area (Å²) in [7, 11) is -3.71. The second-order valence-corrected chi connectivity index (χ2v) is 6.35. The molecule has 0 bridgehead atoms. The van der Waals surface area contributed by atoms with E-state index >= 15 is 0 Å². The summed E-state index contributed by atoms with van der Waals surface area (Å²) < 4.78 is 22.3. The Bertz CT molecular complexity index is 542. The van der Waals surface area contributed by atoms with Crippen LogP contribution in [0, 0.1) is 5.41 Å². The minimum absolute atomic E-state index is 0.0282. The van der Waals surface area contributed by atoms with Gasteiger partial charge in [0, 0.05) is 5.41 Å². The maximum Gasteiger partial charge on any atom is 0.238 e. The third-order valence-electron chi connectivity index (χ3n) is 2.16. The molecule has 0 radical (unpaired) electrons. The van der Waals surface area contributed by atoms with Crippen LogP contribution in [0.1, 0.15) is 20.8 Å². The van der Waals surface area contributed by atoms with E-state index in [1.54, 1.807) is 12.1 Å². The molecular formula is C11H17N3O2S. The third kappa shape index (κ3) is 3.83. The number of rotatable bonds is 2. The Kier molecular flexibility index (Phi) is 3.59. The van der Waals surface area contributed by atoms with Crippen molar-refractivity contribution in [3.63, 3.8) is 0 Å². The monoisotopic (exact) mass is 255 g/mol. The van der Waals surface area contributed by atoms with Gasteiger partial charge in [-0.3, -0.25) is 0 Å². The number of hydrogen-bond acceptors (Lipinski definition) is 3. The number of hydrogen-bond donors (Lipinski definition) is 2. The molecule has 5 nitrogen and oxygen atoms in total. The minimum Gasteiger partial charge on any atom is -0.387 e. The maximum absolute atomic E-state index is 11.2. The molecule has 4 N–H and O–H groups in total. The Balaban J connectivity index is 3.19. The lowest BCUT2D eigenvalue weighted by Crippen LogP contribution is -2.28. The van der Waals surface area contributed by atoms with Crippen molar-refractivity contribution >= 4 is 21.5 Å². The van der Waals surface area contributed by atoms with Gasteiger partial charge in [-0.1, -0.05) is 26.8 Å². The Morgan fingerprint density at radius 2 is 1.88 bits per heavy atom. The van der Waals surface area contributed by atoms with E-state index in [-0.39, 0.29) is 10.3 Å². The van der Waals surface area contributed by atoms with Gasteiger partial charge in [-0.15, -0.1) is 0 Å². The molecular weight excluding hydrogens is 238 g/mol. The first-order valence-electron chi connectivity index (χ1n) is 5.08. The van der Waals surface area contributed by atoms with E-state index in [0.29, 0.717) is 11.5 Å². The summed E-state index contributed by atoms with van der Waals surface area (Å²) in [6.45, 7) is 5.78. The highest BCUT2D eigenvalue weighted by Crippen LogP contribution is 2.20. The molecule has 17 heavy (non-hydrogen) atoms. The van der Waals surface area contributed by atoms with E-state index in [4.69, 9.17) is 10.9 Å². The van der Waals surface area contributed by atoms with Crippen LogP contribution in [0.15, 0.2) is 34.2 Å². The van der Waals surface area contributed by atoms with Crippen LogP contribution >= 0.6 is 0 Å². The number of amidine groups is 1. The molecule has 1 rings (SSSR count). The summed E-state index contributed by atoms with van der Waals surface area (Å²) in [4.78, 5) is 4.21. The molecule has 0 spiro atoms. The minimum atomic E-state index is -3.71. The Morgan fingerprint density at radius 1 is 1.29 bits per heavy atom. The van der Waals surface area contributed by atoms with Crippen molar-refractivity contribution in [1.82, 2.24) is 0 Å². The highest BCUT2D eigenvalue weighted by Gasteiger charge is 2.15. The molecule has 94 valence electrons. The molecule has 0 aliphatic heterocycles. The van der Waals surface area contributed by atoms with Crippen LogP contribution in [-0.2, 0) is 10.0 Å². The van der Waals surface area contributed by atoms with E-state index in [0.717, 1.165) is 0 Å². The average Bonchev–Trinajstić information content (AvgIpc) is 2.15. The average molecular weight is 255 g/mol. The first-order valence-corrected chi connectivity index (χ1v) is 6.63. The zero-order chi connectivity index (χ0) is 13.3. The predicted molar refractivity (Wildman–Crippen MR) is 68.6 cm³/mol. The molecule has 0 amide bonds. The molecule has 0 heterocycles. The molecule has 6 heteroatoms. The topological polar surface area (TPSA) is 98.5 Å². The van der Waals surface area contributed by atoms with Crippen molar-refractivity contribution in [2.75, 3.05) is 0 Å². The van der Waals surface area contributed by atoms with Crippen molar-refractivity contribution in [2.24, 2.45) is 21.3 Å². The summed E-state index contributed by atoms with van der Waals surface area (Å²) in [5.41, 5.74) is 6.02. The largest absolute Gasteiger partial charge is 0.387 e. The van der Waals surface area contributed by atoms with Crippen LogP contribution < -0.4 is 10.9 Å². The third-order valence-corrected chi connectivity index (χ3v) is 3.08. The smallest absolute Gasteiger partial charge is 0.238 e. The maximum atomic E-state index is 11.2. The highest BCUT2D eigenvalue weighted by atomic mass is 32.2. The summed E-state index contributed by atoms with van der Waals surface area (Å²) in [5.74, 6) is 0.434. The van der Waals surface area contributed by atoms with Crippen LogP contribution in [-0.4, -0.2) is 14.3 Å². The second kappa shape index (κ2) is 4.46. The molecule has 0 aromatic heterocycles. The predicted octanol–water partition coefficient (Wildman–Crippen LogP) is 1.37. The lowest BCUT2D eigenvalue weighted by Gasteiger charge is -2.17. The molecule has 0 saturated heterocycles. The first kappa shape index (κ1) is 13.7. The Hall–Kier alpha value is -1.40. The van der Waals surface area contributed by atoms with Crippen LogP contribution in [0.3, 0.4) is 0 Å². The molecule has 1 aromatic rings. The van der Waals surface area contributed by atoms with Gasteiger partial charge < -0.3 is 5.73 Å². The van der Waals surface area contributed by atoms with Gasteiger partial charge in [0.25, 0.3) is 0 Å². The zero-order valence-electron chi connectivity index (χ0n) is 10.1. The fraction of sp³-hybridized carbons (Fsp3) is 0.364. The van der Waals surface area contributed by atoms with Crippen LogP contribution in [0.5, 0.6) is 0 Å². The lowest BCUT2D eigenvalue weighted by atomic mass is 9.95. The van der Waals surface area contributed by atoms with Crippen molar-refractivity contribution < 1.29 is 8.42 Å². The second-order valence-electron chi connectivity index (χ2n) is 4.79. The van der Waals surface area contributed by atoms with Crippen LogP contribution in [0.2, 0.25) is 0 Å². The molecule has 0 fully saturated rings. The van der Waals surface area contributed by atoms with Gasteiger partial charge in [0.15, 0.2) is 0 Å². The molecule has 0 aliphatic carbocycles. The number of sulfonamides is 1. The van der Waals surface area contributed by atoms with Gasteiger partial charge in [0.2, 0.25) is 10.0 Å². The van der Waals surface area contributed by atoms with Gasteiger partial charge in [-0.2, -0.15) is 0 Å². The summed E-state index contributed by atoms with van der Waals surface area (Å²) in [6.07, 6.45) is 0. The zero-order valence-corrected chi connectivity index (χ0v) is 11.0. The van der Waals surface area contributed by atoms with Crippen molar-refractivity contribution in [3.05, 3.63) is 24.3 Å². The number of benzene rings is 1. The standard InChI is InChI=1S/C11H17N3O2S/c1-11(2,3)10(12)14-8-5-4-6-9(7-8)17(13,15)16/h4-7H,1-3H3,(H2,12,14)(H2,13,15,16). The molecule has 0 atom stereocenters. The van der Waals surface area contributed by atoms with Crippen LogP contribution in [0.4, 0.5) is 5.69 Å². The van der Waals surface area contributed by atoms with Gasteiger partial charge in [0.1, 0.15) is 5.84 Å². The van der Waals surface area contributed by atoms with Gasteiger partial charge in [0.05, 0.1) is 10.6 Å². The van der Waals surface area contributed by atoms with E-state index in [9.17, 15) is 8.42 Å².